The van der Waals surface area contributed by atoms with Crippen LogP contribution in [0, 0.1) is 13.8 Å². The van der Waals surface area contributed by atoms with Gasteiger partial charge in [-0.15, -0.1) is 7.53 Å². The lowest BCUT2D eigenvalue weighted by molar-refractivity contribution is 1.41. The second kappa shape index (κ2) is 3.50. The van der Waals surface area contributed by atoms with Crippen LogP contribution >= 0.6 is 19.3 Å². The van der Waals surface area contributed by atoms with Crippen LogP contribution in [0.15, 0.2) is 11.6 Å². The Morgan fingerprint density at radius 1 is 1.30 bits per heavy atom. The average molecular weight is 172 g/mol. The first kappa shape index (κ1) is 8.23. The van der Waals surface area contributed by atoms with Crippen LogP contribution in [0.5, 0.6) is 0 Å². The van der Waals surface area contributed by atoms with Gasteiger partial charge in [-0.05, 0) is 42.8 Å². The van der Waals surface area contributed by atoms with Crippen molar-refractivity contribution in [2.45, 2.75) is 19.3 Å². The lowest BCUT2D eigenvalue weighted by atomic mass is 10.2. The molecular formula is C8H13PS. The molecular weight excluding hydrogens is 159 g/mol. The number of rotatable bonds is 2. The summed E-state index contributed by atoms with van der Waals surface area (Å²) in [5, 5.41) is 0. The summed E-state index contributed by atoms with van der Waals surface area (Å²) < 4.78 is 0. The second-order valence-electron chi connectivity index (χ2n) is 2.56. The van der Waals surface area contributed by atoms with E-state index >= 15 is 0 Å². The molecule has 0 fully saturated rings. The zero-order valence-corrected chi connectivity index (χ0v) is 8.43. The minimum atomic E-state index is 0.115. The molecule has 0 radical (unpaired) electrons. The highest BCUT2D eigenvalue weighted by Gasteiger charge is 1.96. The van der Waals surface area contributed by atoms with Crippen molar-refractivity contribution in [3.63, 3.8) is 0 Å². The normalized spacial score (nSPS) is 10.3. The van der Waals surface area contributed by atoms with Crippen LogP contribution in [0.3, 0.4) is 0 Å². The summed E-state index contributed by atoms with van der Waals surface area (Å²) in [6.45, 7) is 4.41. The molecule has 0 saturated heterocycles. The minimum absolute atomic E-state index is 0.115. The topological polar surface area (TPSA) is 0 Å². The Bertz CT molecular complexity index is 196. The smallest absolute Gasteiger partial charge is 0.0316 e. The molecule has 2 heteroatoms. The van der Waals surface area contributed by atoms with Gasteiger partial charge < -0.3 is 0 Å². The number of aryl methyl sites for hydroxylation is 2. The van der Waals surface area contributed by atoms with Gasteiger partial charge in [-0.1, -0.05) is 0 Å². The van der Waals surface area contributed by atoms with Crippen molar-refractivity contribution in [1.82, 2.24) is 0 Å². The fourth-order valence-electron chi connectivity index (χ4n) is 0.962. The Morgan fingerprint density at radius 2 is 1.80 bits per heavy atom. The summed E-state index contributed by atoms with van der Waals surface area (Å²) in [4.78, 5) is 0. The van der Waals surface area contributed by atoms with E-state index in [0.29, 0.717) is 0 Å². The van der Waals surface area contributed by atoms with Crippen LogP contribution in [0.1, 0.15) is 11.1 Å². The van der Waals surface area contributed by atoms with Crippen molar-refractivity contribution < 1.29 is 0 Å². The van der Waals surface area contributed by atoms with Gasteiger partial charge in [0.1, 0.15) is 0 Å². The predicted molar refractivity (Wildman–Crippen MR) is 52.1 cm³/mol. The first-order valence-electron chi connectivity index (χ1n) is 3.36. The molecule has 0 N–H and O–H groups in total. The molecule has 0 saturated carbocycles. The summed E-state index contributed by atoms with van der Waals surface area (Å²) in [6, 6.07) is 0. The molecule has 0 aliphatic carbocycles. The monoisotopic (exact) mass is 172 g/mol. The predicted octanol–water partition coefficient (Wildman–Crippen LogP) is 3.61. The highest BCUT2D eigenvalue weighted by atomic mass is 32.2. The molecule has 0 unspecified atom stereocenters. The standard InChI is InChI=1S/C8H13PS/c1-7-4-9(6-10-3)5-8(7)2/h4-5H,6H2,1-3H3. The van der Waals surface area contributed by atoms with Gasteiger partial charge in [-0.25, -0.2) is 0 Å². The Labute approximate surface area is 68.1 Å². The maximum Gasteiger partial charge on any atom is 0.0316 e. The van der Waals surface area contributed by atoms with E-state index in [-0.39, 0.29) is 7.53 Å². The molecule has 56 valence electrons. The number of hydrogen-bond acceptors (Lipinski definition) is 1. The van der Waals surface area contributed by atoms with E-state index in [0.717, 1.165) is 0 Å². The van der Waals surface area contributed by atoms with Gasteiger partial charge >= 0.3 is 0 Å². The zero-order valence-electron chi connectivity index (χ0n) is 6.72. The molecule has 0 aromatic carbocycles. The van der Waals surface area contributed by atoms with Gasteiger partial charge in [0, 0.05) is 5.49 Å². The molecule has 0 nitrogen and oxygen atoms in total. The largest absolute Gasteiger partial charge is 0.157 e. The molecule has 0 amide bonds. The molecule has 10 heavy (non-hydrogen) atoms. The van der Waals surface area contributed by atoms with Crippen LogP contribution < -0.4 is 0 Å². The third-order valence-corrected chi connectivity index (χ3v) is 5.28. The maximum absolute atomic E-state index is 2.42. The fraction of sp³-hybridized carbons (Fsp3) is 0.500. The first-order valence-corrected chi connectivity index (χ1v) is 6.42. The summed E-state index contributed by atoms with van der Waals surface area (Å²) in [5.41, 5.74) is 4.27. The van der Waals surface area contributed by atoms with Crippen LogP contribution in [0.2, 0.25) is 0 Å². The molecule has 0 atom stereocenters. The first-order chi connectivity index (χ1) is 4.74. The van der Waals surface area contributed by atoms with Crippen molar-refractivity contribution >= 4 is 19.3 Å². The van der Waals surface area contributed by atoms with Gasteiger partial charge in [0.15, 0.2) is 0 Å². The van der Waals surface area contributed by atoms with Gasteiger partial charge in [-0.2, -0.15) is 11.8 Å². The molecule has 1 heterocycles. The summed E-state index contributed by atoms with van der Waals surface area (Å²) in [7, 11) is 0.115. The van der Waals surface area contributed by atoms with Crippen molar-refractivity contribution in [2.75, 3.05) is 6.26 Å². The molecule has 0 spiro atoms. The Morgan fingerprint density at radius 3 is 2.20 bits per heavy atom. The quantitative estimate of drug-likeness (QED) is 0.656. The molecule has 1 rings (SSSR count). The number of hydrogen-bond donors (Lipinski definition) is 0. The van der Waals surface area contributed by atoms with E-state index in [2.05, 4.69) is 31.7 Å². The SMILES string of the molecule is CSCp1cc(C)c(C)c1. The average Bonchev–Trinajstić information content (AvgIpc) is 2.14. The van der Waals surface area contributed by atoms with E-state index in [1.54, 1.807) is 0 Å². The Balaban J connectivity index is 2.77. The maximum atomic E-state index is 2.42. The summed E-state index contributed by atoms with van der Waals surface area (Å²) in [5.74, 6) is 4.84. The van der Waals surface area contributed by atoms with E-state index in [1.807, 2.05) is 11.8 Å². The third kappa shape index (κ3) is 1.81. The van der Waals surface area contributed by atoms with Crippen molar-refractivity contribution in [3.05, 3.63) is 22.7 Å². The minimum Gasteiger partial charge on any atom is -0.157 e. The second-order valence-corrected chi connectivity index (χ2v) is 5.71. The molecule has 1 aromatic rings. The van der Waals surface area contributed by atoms with E-state index in [4.69, 9.17) is 0 Å². The van der Waals surface area contributed by atoms with Gasteiger partial charge in [-0.3, -0.25) is 0 Å². The van der Waals surface area contributed by atoms with E-state index in [9.17, 15) is 0 Å². The van der Waals surface area contributed by atoms with E-state index < -0.39 is 0 Å². The van der Waals surface area contributed by atoms with Gasteiger partial charge in [0.25, 0.3) is 0 Å². The zero-order chi connectivity index (χ0) is 7.56. The van der Waals surface area contributed by atoms with Gasteiger partial charge in [0.2, 0.25) is 0 Å². The van der Waals surface area contributed by atoms with Crippen LogP contribution in [0.4, 0.5) is 0 Å². The summed E-state index contributed by atoms with van der Waals surface area (Å²) >= 11 is 1.94. The van der Waals surface area contributed by atoms with Crippen LogP contribution in [-0.2, 0) is 5.49 Å². The third-order valence-electron chi connectivity index (χ3n) is 1.62. The molecule has 1 aromatic heterocycles. The molecule has 0 aliphatic heterocycles. The molecule has 0 bridgehead atoms. The van der Waals surface area contributed by atoms with Crippen molar-refractivity contribution in [2.24, 2.45) is 0 Å². The Hall–Kier alpha value is 0.130. The van der Waals surface area contributed by atoms with Crippen LogP contribution in [-0.4, -0.2) is 6.26 Å². The fourth-order valence-corrected chi connectivity index (χ4v) is 4.23. The van der Waals surface area contributed by atoms with Crippen LogP contribution in [0.25, 0.3) is 0 Å². The lowest BCUT2D eigenvalue weighted by Gasteiger charge is -1.89. The highest BCUT2D eigenvalue weighted by molar-refractivity contribution is 8.02. The lowest BCUT2D eigenvalue weighted by Crippen LogP contribution is -1.63. The molecule has 0 aliphatic rings. The van der Waals surface area contributed by atoms with Crippen molar-refractivity contribution in [1.29, 1.82) is 0 Å². The number of thioether (sulfide) groups is 1. The Kier molecular flexibility index (Phi) is 2.88. The van der Waals surface area contributed by atoms with E-state index in [1.165, 1.54) is 16.6 Å². The summed E-state index contributed by atoms with van der Waals surface area (Å²) in [6.07, 6.45) is 2.17. The van der Waals surface area contributed by atoms with Crippen molar-refractivity contribution in [3.8, 4) is 0 Å². The van der Waals surface area contributed by atoms with Gasteiger partial charge in [0.05, 0.1) is 0 Å². The highest BCUT2D eigenvalue weighted by Crippen LogP contribution is 2.36.